The Morgan fingerprint density at radius 2 is 1.67 bits per heavy atom. The molecule has 0 aliphatic heterocycles. The molecule has 10 nitrogen and oxygen atoms in total. The summed E-state index contributed by atoms with van der Waals surface area (Å²) in [6.07, 6.45) is -0.0512. The molecular formula is C34H31N4O6S-. The predicted octanol–water partition coefficient (Wildman–Crippen LogP) is 5.54. The zero-order chi connectivity index (χ0) is 30.8. The van der Waals surface area contributed by atoms with Crippen LogP contribution in [0, 0.1) is 0 Å². The number of hydrogen-bond donors (Lipinski definition) is 0. The summed E-state index contributed by atoms with van der Waals surface area (Å²) in [7, 11) is 0. The Kier molecular flexibility index (Phi) is 9.10. The number of thiophene rings is 1. The van der Waals surface area contributed by atoms with Crippen molar-refractivity contribution < 1.29 is 19.2 Å². The summed E-state index contributed by atoms with van der Waals surface area (Å²) in [5.41, 5.74) is 2.50. The summed E-state index contributed by atoms with van der Waals surface area (Å²) in [5, 5.41) is 15.6. The van der Waals surface area contributed by atoms with Gasteiger partial charge in [0.1, 0.15) is 10.6 Å². The molecule has 0 radical (unpaired) electrons. The number of aromatic nitrogens is 4. The zero-order valence-corrected chi connectivity index (χ0v) is 24.8. The largest absolute Gasteiger partial charge is 0.528 e. The minimum Gasteiger partial charge on any atom is -0.528 e. The lowest BCUT2D eigenvalue weighted by atomic mass is 9.98. The molecule has 0 spiro atoms. The predicted molar refractivity (Wildman–Crippen MR) is 172 cm³/mol. The number of ether oxygens (including phenoxy) is 1. The van der Waals surface area contributed by atoms with Gasteiger partial charge in [0.2, 0.25) is 0 Å². The summed E-state index contributed by atoms with van der Waals surface area (Å²) in [5.74, 6) is 0.490. The topological polar surface area (TPSA) is 132 Å². The molecule has 0 unspecified atom stereocenters. The Hall–Kier alpha value is -5.29. The van der Waals surface area contributed by atoms with Crippen molar-refractivity contribution in [3.63, 3.8) is 0 Å². The van der Waals surface area contributed by atoms with E-state index in [1.54, 1.807) is 34.9 Å². The second kappa shape index (κ2) is 13.1. The van der Waals surface area contributed by atoms with Crippen LogP contribution in [-0.2, 0) is 19.5 Å². The Morgan fingerprint density at radius 3 is 2.31 bits per heavy atom. The molecule has 0 saturated carbocycles. The zero-order valence-electron chi connectivity index (χ0n) is 24.0. The van der Waals surface area contributed by atoms with Gasteiger partial charge in [0.15, 0.2) is 17.7 Å². The first-order valence-corrected chi connectivity index (χ1v) is 14.9. The van der Waals surface area contributed by atoms with Gasteiger partial charge in [-0.1, -0.05) is 62.9 Å². The molecule has 0 amide bonds. The highest BCUT2D eigenvalue weighted by molar-refractivity contribution is 7.18. The minimum absolute atomic E-state index is 0. The van der Waals surface area contributed by atoms with Gasteiger partial charge < -0.3 is 14.4 Å². The quantitative estimate of drug-likeness (QED) is 0.182. The van der Waals surface area contributed by atoms with Crippen molar-refractivity contribution in [3.8, 4) is 34.3 Å². The fourth-order valence-electron chi connectivity index (χ4n) is 5.06. The number of Topliss-reactive ketones (excluding diaryl/α,β-unsaturated/α-hetero) is 1. The van der Waals surface area contributed by atoms with E-state index < -0.39 is 17.3 Å². The number of fused-ring (bicyclic) bond motifs is 1. The summed E-state index contributed by atoms with van der Waals surface area (Å²) in [6.45, 7) is 4.18. The third kappa shape index (κ3) is 6.20. The highest BCUT2D eigenvalue weighted by Crippen LogP contribution is 2.31. The average molecular weight is 624 g/mol. The number of hydrogen-bond acceptors (Lipinski definition) is 9. The molecule has 0 bridgehead atoms. The van der Waals surface area contributed by atoms with Crippen molar-refractivity contribution >= 4 is 27.3 Å². The lowest BCUT2D eigenvalue weighted by Crippen LogP contribution is -2.41. The van der Waals surface area contributed by atoms with Gasteiger partial charge in [-0.2, -0.15) is 5.16 Å². The van der Waals surface area contributed by atoms with Gasteiger partial charge in [0.25, 0.3) is 5.56 Å². The Morgan fingerprint density at radius 1 is 0.956 bits per heavy atom. The maximum atomic E-state index is 13.8. The van der Waals surface area contributed by atoms with Gasteiger partial charge in [0.05, 0.1) is 25.1 Å². The number of nitrogens with zero attached hydrogens (tertiary/aromatic N) is 4. The maximum absolute atomic E-state index is 13.8. The Labute approximate surface area is 262 Å². The summed E-state index contributed by atoms with van der Waals surface area (Å²) >= 11 is 1.41. The van der Waals surface area contributed by atoms with Crippen molar-refractivity contribution in [3.05, 3.63) is 116 Å². The number of rotatable bonds is 10. The van der Waals surface area contributed by atoms with Crippen molar-refractivity contribution in [2.24, 2.45) is 0 Å². The number of carbonyl (C=O) groups excluding carboxylic acids is 1. The number of ketones is 1. The molecule has 0 aliphatic carbocycles. The van der Waals surface area contributed by atoms with Gasteiger partial charge in [-0.25, -0.2) is 9.78 Å². The number of aryl methyl sites for hydroxylation is 1. The molecule has 0 aliphatic rings. The van der Waals surface area contributed by atoms with Crippen LogP contribution < -0.4 is 21.1 Å². The highest BCUT2D eigenvalue weighted by atomic mass is 32.1. The highest BCUT2D eigenvalue weighted by Gasteiger charge is 2.19. The smallest absolute Gasteiger partial charge is 0.332 e. The van der Waals surface area contributed by atoms with Gasteiger partial charge in [-0.3, -0.25) is 18.7 Å². The normalized spacial score (nSPS) is 11.0. The van der Waals surface area contributed by atoms with Crippen LogP contribution in [0.5, 0.6) is 11.8 Å². The SMILES string of the molecule is C.CCOc1ccc(C(=O)Cn2c(=O)c3cc(CC)sc3n(Cc3ccc(-c4ccccc4-c4noc([O-])n4)cc3)c2=O)cc1. The molecule has 6 rings (SSSR count). The second-order valence-corrected chi connectivity index (χ2v) is 11.2. The fourth-order valence-corrected chi connectivity index (χ4v) is 6.14. The molecule has 0 N–H and O–H groups in total. The van der Waals surface area contributed by atoms with Crippen molar-refractivity contribution in [2.75, 3.05) is 6.61 Å². The van der Waals surface area contributed by atoms with E-state index in [4.69, 9.17) is 4.74 Å². The molecular weight excluding hydrogens is 592 g/mol. The summed E-state index contributed by atoms with van der Waals surface area (Å²) in [6, 6.07) is 23.5. The molecule has 11 heteroatoms. The molecule has 230 valence electrons. The van der Waals surface area contributed by atoms with E-state index in [0.717, 1.165) is 26.1 Å². The molecule has 3 aromatic heterocycles. The molecule has 3 aromatic carbocycles. The molecule has 45 heavy (non-hydrogen) atoms. The van der Waals surface area contributed by atoms with Crippen molar-refractivity contribution in [1.29, 1.82) is 0 Å². The van der Waals surface area contributed by atoms with E-state index in [9.17, 15) is 19.5 Å². The monoisotopic (exact) mass is 623 g/mol. The van der Waals surface area contributed by atoms with Crippen LogP contribution in [0.3, 0.4) is 0 Å². The molecule has 3 heterocycles. The van der Waals surface area contributed by atoms with Crippen LogP contribution in [0.2, 0.25) is 0 Å². The first kappa shape index (κ1) is 31.1. The summed E-state index contributed by atoms with van der Waals surface area (Å²) < 4.78 is 12.7. The first-order valence-electron chi connectivity index (χ1n) is 14.1. The van der Waals surface area contributed by atoms with Crippen LogP contribution in [0.25, 0.3) is 32.7 Å². The van der Waals surface area contributed by atoms with Crippen LogP contribution in [0.4, 0.5) is 0 Å². The van der Waals surface area contributed by atoms with Crippen LogP contribution in [0.1, 0.15) is 42.1 Å². The Balaban J connectivity index is 0.00000400. The van der Waals surface area contributed by atoms with Crippen molar-refractivity contribution in [1.82, 2.24) is 19.3 Å². The average Bonchev–Trinajstić information content (AvgIpc) is 3.69. The van der Waals surface area contributed by atoms with E-state index in [-0.39, 0.29) is 32.1 Å². The molecule has 0 fully saturated rings. The van der Waals surface area contributed by atoms with E-state index in [0.29, 0.717) is 40.1 Å². The van der Waals surface area contributed by atoms with Crippen molar-refractivity contribution in [2.45, 2.75) is 40.8 Å². The van der Waals surface area contributed by atoms with Gasteiger partial charge >= 0.3 is 5.69 Å². The second-order valence-electron chi connectivity index (χ2n) is 10.1. The van der Waals surface area contributed by atoms with E-state index in [1.165, 1.54) is 11.3 Å². The van der Waals surface area contributed by atoms with Crippen LogP contribution >= 0.6 is 11.3 Å². The fraction of sp³-hybridized carbons (Fsp3) is 0.206. The third-order valence-electron chi connectivity index (χ3n) is 7.26. The number of carbonyl (C=O) groups is 1. The molecule has 0 saturated heterocycles. The maximum Gasteiger partial charge on any atom is 0.332 e. The van der Waals surface area contributed by atoms with E-state index in [2.05, 4.69) is 14.7 Å². The minimum atomic E-state index is -0.760. The Bertz CT molecular complexity index is 2090. The van der Waals surface area contributed by atoms with Gasteiger partial charge in [-0.05, 0) is 60.4 Å². The molecule has 0 atom stereocenters. The third-order valence-corrected chi connectivity index (χ3v) is 8.57. The summed E-state index contributed by atoms with van der Waals surface area (Å²) in [4.78, 5) is 45.9. The van der Waals surface area contributed by atoms with Gasteiger partial charge in [-0.15, -0.1) is 11.3 Å². The first-order chi connectivity index (χ1) is 21.4. The standard InChI is InChI=1S/C33H28N4O6S.CH4/c1-3-24-17-27-30(39)36(19-28(38)22-13-15-23(16-14-22)42-4-2)33(41)37(31(27)44-24)18-20-9-11-21(12-10-20)25-7-5-6-8-26(25)29-34-32(40)43-35-29;/h5-17H,3-4,18-19H2,1-2H3,(H,34,35,40);1H4/p-1. The lowest BCUT2D eigenvalue weighted by Gasteiger charge is -2.13. The molecule has 6 aromatic rings. The number of benzene rings is 3. The van der Waals surface area contributed by atoms with E-state index in [1.807, 2.05) is 62.4 Å². The van der Waals surface area contributed by atoms with Crippen LogP contribution in [-0.4, -0.2) is 31.7 Å². The van der Waals surface area contributed by atoms with E-state index >= 15 is 0 Å². The van der Waals surface area contributed by atoms with Gasteiger partial charge in [0, 0.05) is 16.0 Å². The lowest BCUT2D eigenvalue weighted by molar-refractivity contribution is -0.303. The van der Waals surface area contributed by atoms with Crippen LogP contribution in [0.15, 0.2) is 93.0 Å².